The van der Waals surface area contributed by atoms with Crippen LogP contribution in [0, 0.1) is 6.92 Å². The molecule has 28 heavy (non-hydrogen) atoms. The fourth-order valence-corrected chi connectivity index (χ4v) is 3.26. The zero-order valence-corrected chi connectivity index (χ0v) is 16.5. The van der Waals surface area contributed by atoms with Gasteiger partial charge in [-0.25, -0.2) is 0 Å². The summed E-state index contributed by atoms with van der Waals surface area (Å²) in [5, 5.41) is 2.88. The molecule has 0 saturated carbocycles. The van der Waals surface area contributed by atoms with Crippen molar-refractivity contribution in [1.29, 1.82) is 0 Å². The molecule has 2 aromatic rings. The molecule has 0 bridgehead atoms. The average molecular weight is 381 g/mol. The topological polar surface area (TPSA) is 61.9 Å². The number of hydrogen-bond donors (Lipinski definition) is 1. The molecule has 0 radical (unpaired) electrons. The van der Waals surface area contributed by atoms with Crippen LogP contribution in [0.15, 0.2) is 48.5 Å². The summed E-state index contributed by atoms with van der Waals surface area (Å²) in [6.07, 6.45) is 0. The minimum Gasteiger partial charge on any atom is -0.378 e. The predicted octanol–water partition coefficient (Wildman–Crippen LogP) is 2.93. The second-order valence-corrected chi connectivity index (χ2v) is 6.83. The first-order valence-electron chi connectivity index (χ1n) is 9.66. The van der Waals surface area contributed by atoms with Crippen molar-refractivity contribution >= 4 is 23.2 Å². The molecule has 1 N–H and O–H groups in total. The minimum absolute atomic E-state index is 0.0227. The van der Waals surface area contributed by atoms with Crippen LogP contribution in [0.5, 0.6) is 0 Å². The SMILES string of the molecule is CCN(CC(=O)Nc1ccc(N2CCOCC2)cc1)C(=O)c1ccccc1C. The molecule has 2 aromatic carbocycles. The molecule has 3 rings (SSSR count). The van der Waals surface area contributed by atoms with Gasteiger partial charge in [-0.15, -0.1) is 0 Å². The Labute approximate surface area is 166 Å². The third kappa shape index (κ3) is 4.89. The van der Waals surface area contributed by atoms with Crippen LogP contribution < -0.4 is 10.2 Å². The molecule has 0 unspecified atom stereocenters. The van der Waals surface area contributed by atoms with Gasteiger partial charge in [0.2, 0.25) is 5.91 Å². The molecule has 0 spiro atoms. The van der Waals surface area contributed by atoms with Crippen LogP contribution in [0.25, 0.3) is 0 Å². The number of rotatable bonds is 6. The summed E-state index contributed by atoms with van der Waals surface area (Å²) >= 11 is 0. The van der Waals surface area contributed by atoms with Crippen molar-refractivity contribution in [1.82, 2.24) is 4.90 Å². The van der Waals surface area contributed by atoms with E-state index in [0.717, 1.165) is 43.2 Å². The molecule has 0 atom stereocenters. The van der Waals surface area contributed by atoms with Gasteiger partial charge >= 0.3 is 0 Å². The van der Waals surface area contributed by atoms with Crippen LogP contribution in [0.4, 0.5) is 11.4 Å². The Bertz CT molecular complexity index is 814. The van der Waals surface area contributed by atoms with Gasteiger partial charge in [0.15, 0.2) is 0 Å². The zero-order chi connectivity index (χ0) is 19.9. The van der Waals surface area contributed by atoms with Crippen molar-refractivity contribution in [2.24, 2.45) is 0 Å². The Kier molecular flexibility index (Phi) is 6.66. The molecule has 6 nitrogen and oxygen atoms in total. The first-order valence-corrected chi connectivity index (χ1v) is 9.66. The molecule has 1 aliphatic heterocycles. The third-order valence-electron chi connectivity index (χ3n) is 4.91. The van der Waals surface area contributed by atoms with Gasteiger partial charge < -0.3 is 19.9 Å². The fourth-order valence-electron chi connectivity index (χ4n) is 3.26. The largest absolute Gasteiger partial charge is 0.378 e. The summed E-state index contributed by atoms with van der Waals surface area (Å²) in [5.74, 6) is -0.332. The van der Waals surface area contributed by atoms with E-state index >= 15 is 0 Å². The number of carbonyl (C=O) groups excluding carboxylic acids is 2. The van der Waals surface area contributed by atoms with E-state index in [0.29, 0.717) is 12.1 Å². The van der Waals surface area contributed by atoms with Gasteiger partial charge in [-0.05, 0) is 49.7 Å². The molecule has 1 saturated heterocycles. The molecule has 1 aliphatic rings. The first kappa shape index (κ1) is 19.9. The second kappa shape index (κ2) is 9.37. The van der Waals surface area contributed by atoms with Gasteiger partial charge in [0.05, 0.1) is 13.2 Å². The molecule has 6 heteroatoms. The lowest BCUT2D eigenvalue weighted by Crippen LogP contribution is -2.38. The van der Waals surface area contributed by atoms with Crippen LogP contribution in [-0.4, -0.2) is 56.1 Å². The van der Waals surface area contributed by atoms with Gasteiger partial charge in [-0.2, -0.15) is 0 Å². The van der Waals surface area contributed by atoms with E-state index in [-0.39, 0.29) is 18.4 Å². The number of benzene rings is 2. The van der Waals surface area contributed by atoms with Gasteiger partial charge in [0.1, 0.15) is 6.54 Å². The molecule has 0 aromatic heterocycles. The zero-order valence-electron chi connectivity index (χ0n) is 16.5. The van der Waals surface area contributed by atoms with Crippen LogP contribution in [-0.2, 0) is 9.53 Å². The van der Waals surface area contributed by atoms with Gasteiger partial charge in [-0.3, -0.25) is 9.59 Å². The standard InChI is InChI=1S/C22H27N3O3/c1-3-24(22(27)20-7-5-4-6-17(20)2)16-21(26)23-18-8-10-19(11-9-18)25-12-14-28-15-13-25/h4-11H,3,12-16H2,1-2H3,(H,23,26). The lowest BCUT2D eigenvalue weighted by atomic mass is 10.1. The van der Waals surface area contributed by atoms with E-state index in [1.54, 1.807) is 11.0 Å². The number of morpholine rings is 1. The number of ether oxygens (including phenoxy) is 1. The number of hydrogen-bond acceptors (Lipinski definition) is 4. The Morgan fingerprint density at radius 2 is 1.75 bits per heavy atom. The summed E-state index contributed by atoms with van der Waals surface area (Å²) in [6.45, 7) is 7.49. The summed E-state index contributed by atoms with van der Waals surface area (Å²) in [4.78, 5) is 29.0. The maximum absolute atomic E-state index is 12.7. The molecule has 148 valence electrons. The van der Waals surface area contributed by atoms with Crippen LogP contribution in [0.2, 0.25) is 0 Å². The third-order valence-corrected chi connectivity index (χ3v) is 4.91. The number of nitrogens with zero attached hydrogens (tertiary/aromatic N) is 2. The summed E-state index contributed by atoms with van der Waals surface area (Å²) in [7, 11) is 0. The minimum atomic E-state index is -0.206. The summed E-state index contributed by atoms with van der Waals surface area (Å²) in [6, 6.07) is 15.2. The van der Waals surface area contributed by atoms with Gasteiger partial charge in [0.25, 0.3) is 5.91 Å². The maximum atomic E-state index is 12.7. The van der Waals surface area contributed by atoms with E-state index in [1.165, 1.54) is 0 Å². The number of aryl methyl sites for hydroxylation is 1. The highest BCUT2D eigenvalue weighted by Gasteiger charge is 2.19. The Balaban J connectivity index is 1.59. The highest BCUT2D eigenvalue weighted by atomic mass is 16.5. The fraction of sp³-hybridized carbons (Fsp3) is 0.364. The number of likely N-dealkylation sites (N-methyl/N-ethyl adjacent to an activating group) is 1. The predicted molar refractivity (Wildman–Crippen MR) is 111 cm³/mol. The summed E-state index contributed by atoms with van der Waals surface area (Å²) < 4.78 is 5.37. The highest BCUT2D eigenvalue weighted by molar-refractivity contribution is 6.00. The number of carbonyl (C=O) groups is 2. The Morgan fingerprint density at radius 3 is 2.39 bits per heavy atom. The van der Waals surface area contributed by atoms with Crippen molar-refractivity contribution < 1.29 is 14.3 Å². The number of amides is 2. The number of anilines is 2. The monoisotopic (exact) mass is 381 g/mol. The Hall–Kier alpha value is -2.86. The van der Waals surface area contributed by atoms with Crippen LogP contribution in [0.3, 0.4) is 0 Å². The molecular formula is C22H27N3O3. The Morgan fingerprint density at radius 1 is 1.07 bits per heavy atom. The van der Waals surface area contributed by atoms with Crippen molar-refractivity contribution in [2.75, 3.05) is 49.6 Å². The van der Waals surface area contributed by atoms with E-state index in [1.807, 2.05) is 56.3 Å². The smallest absolute Gasteiger partial charge is 0.254 e. The van der Waals surface area contributed by atoms with E-state index in [9.17, 15) is 9.59 Å². The van der Waals surface area contributed by atoms with Crippen molar-refractivity contribution in [2.45, 2.75) is 13.8 Å². The molecule has 2 amide bonds. The van der Waals surface area contributed by atoms with Gasteiger partial charge in [0, 0.05) is 36.6 Å². The second-order valence-electron chi connectivity index (χ2n) is 6.83. The van der Waals surface area contributed by atoms with Crippen LogP contribution in [0.1, 0.15) is 22.8 Å². The van der Waals surface area contributed by atoms with E-state index < -0.39 is 0 Å². The molecular weight excluding hydrogens is 354 g/mol. The summed E-state index contributed by atoms with van der Waals surface area (Å²) in [5.41, 5.74) is 3.38. The molecule has 1 fully saturated rings. The van der Waals surface area contributed by atoms with E-state index in [2.05, 4.69) is 10.2 Å². The first-order chi connectivity index (χ1) is 13.6. The van der Waals surface area contributed by atoms with Crippen molar-refractivity contribution in [3.8, 4) is 0 Å². The van der Waals surface area contributed by atoms with Gasteiger partial charge in [-0.1, -0.05) is 18.2 Å². The van der Waals surface area contributed by atoms with Crippen molar-refractivity contribution in [3.05, 3.63) is 59.7 Å². The molecule has 0 aliphatic carbocycles. The molecule has 1 heterocycles. The quantitative estimate of drug-likeness (QED) is 0.836. The highest BCUT2D eigenvalue weighted by Crippen LogP contribution is 2.19. The normalized spacial score (nSPS) is 13.9. The van der Waals surface area contributed by atoms with Crippen LogP contribution >= 0.6 is 0 Å². The van der Waals surface area contributed by atoms with Crippen molar-refractivity contribution in [3.63, 3.8) is 0 Å². The lowest BCUT2D eigenvalue weighted by molar-refractivity contribution is -0.116. The average Bonchev–Trinajstić information content (AvgIpc) is 2.73. The number of nitrogens with one attached hydrogen (secondary N) is 1. The maximum Gasteiger partial charge on any atom is 0.254 e. The van der Waals surface area contributed by atoms with E-state index in [4.69, 9.17) is 4.74 Å². The lowest BCUT2D eigenvalue weighted by Gasteiger charge is -2.29.